The van der Waals surface area contributed by atoms with Gasteiger partial charge in [0, 0.05) is 57.7 Å². The zero-order valence-electron chi connectivity index (χ0n) is 36.6. The summed E-state index contributed by atoms with van der Waals surface area (Å²) in [4.78, 5) is 50.4. The maximum Gasteiger partial charge on any atom is 0.356 e. The largest absolute Gasteiger partial charge is 0.496 e. The van der Waals surface area contributed by atoms with E-state index in [1.807, 2.05) is 61.5 Å². The molecule has 0 saturated heterocycles. The highest BCUT2D eigenvalue weighted by Gasteiger charge is 2.35. The molecule has 0 unspecified atom stereocenters. The third-order valence-corrected chi connectivity index (χ3v) is 11.7. The van der Waals surface area contributed by atoms with Crippen molar-refractivity contribution in [3.63, 3.8) is 0 Å². The Labute approximate surface area is 372 Å². The average molecular weight is 899 g/mol. The monoisotopic (exact) mass is 898 g/mol. The van der Waals surface area contributed by atoms with E-state index < -0.39 is 17.8 Å². The summed E-state index contributed by atoms with van der Waals surface area (Å²) in [5.41, 5.74) is 16.7. The number of carboxylic acids is 1. The van der Waals surface area contributed by atoms with Crippen LogP contribution in [0, 0.1) is 0 Å². The highest BCUT2D eigenvalue weighted by Crippen LogP contribution is 2.45. The van der Waals surface area contributed by atoms with Crippen LogP contribution in [0.1, 0.15) is 94.4 Å². The molecular formula is C44H50N8O9S2. The van der Waals surface area contributed by atoms with Gasteiger partial charge in [-0.3, -0.25) is 14.4 Å². The Bertz CT molecular complexity index is 2690. The molecule has 3 amide bonds. The Balaban J connectivity index is 0.000000188. The molecule has 332 valence electrons. The van der Waals surface area contributed by atoms with E-state index in [1.54, 1.807) is 45.6 Å². The normalized spacial score (nSPS) is 12.3. The number of carbonyl (C=O) groups is 4. The smallest absolute Gasteiger partial charge is 0.356 e. The predicted molar refractivity (Wildman–Crippen MR) is 240 cm³/mol. The summed E-state index contributed by atoms with van der Waals surface area (Å²) in [6.45, 7) is 12.5. The number of aromatic carboxylic acids is 1. The van der Waals surface area contributed by atoms with Crippen molar-refractivity contribution >= 4 is 46.4 Å². The third-order valence-electron chi connectivity index (χ3n) is 10.3. The maximum atomic E-state index is 13.3. The second kappa shape index (κ2) is 18.0. The van der Waals surface area contributed by atoms with Gasteiger partial charge < -0.3 is 45.7 Å². The van der Waals surface area contributed by atoms with Crippen molar-refractivity contribution in [3.05, 3.63) is 91.6 Å². The Kier molecular flexibility index (Phi) is 13.1. The Morgan fingerprint density at radius 2 is 1.17 bits per heavy atom. The lowest BCUT2D eigenvalue weighted by Gasteiger charge is -2.31. The number of carboxylic acid groups (broad SMARTS) is 1. The first kappa shape index (κ1) is 45.8. The van der Waals surface area contributed by atoms with E-state index in [4.69, 9.17) is 30.4 Å². The molecule has 2 aliphatic heterocycles. The lowest BCUT2D eigenvalue weighted by molar-refractivity contribution is 0.0644. The van der Waals surface area contributed by atoms with Crippen LogP contribution in [0.3, 0.4) is 0 Å². The number of primary amides is 2. The van der Waals surface area contributed by atoms with Gasteiger partial charge >= 0.3 is 5.97 Å². The van der Waals surface area contributed by atoms with E-state index in [2.05, 4.69) is 36.3 Å². The van der Waals surface area contributed by atoms with Crippen LogP contribution in [0.2, 0.25) is 0 Å². The van der Waals surface area contributed by atoms with E-state index in [9.17, 15) is 24.3 Å². The number of ether oxygens (including phenoxy) is 4. The molecule has 4 aromatic heterocycles. The van der Waals surface area contributed by atoms with Gasteiger partial charge in [-0.2, -0.15) is 32.9 Å². The third kappa shape index (κ3) is 9.25. The molecule has 6 N–H and O–H groups in total. The van der Waals surface area contributed by atoms with Gasteiger partial charge in [-0.1, -0.05) is 0 Å². The summed E-state index contributed by atoms with van der Waals surface area (Å²) in [5.74, 6) is -0.991. The number of rotatable bonds is 8. The van der Waals surface area contributed by atoms with Gasteiger partial charge in [-0.05, 0) is 83.6 Å². The van der Waals surface area contributed by atoms with Crippen LogP contribution in [0.5, 0.6) is 23.0 Å². The fourth-order valence-electron chi connectivity index (χ4n) is 6.42. The second-order valence-corrected chi connectivity index (χ2v) is 17.9. The first-order valence-electron chi connectivity index (χ1n) is 19.5. The van der Waals surface area contributed by atoms with Gasteiger partial charge in [0.2, 0.25) is 0 Å². The molecule has 63 heavy (non-hydrogen) atoms. The van der Waals surface area contributed by atoms with Crippen LogP contribution in [0.4, 0.5) is 0 Å². The number of fused-ring (bicyclic) bond motifs is 6. The summed E-state index contributed by atoms with van der Waals surface area (Å²) in [5, 5.41) is 29.2. The minimum absolute atomic E-state index is 0.0488. The molecule has 8 rings (SSSR count). The van der Waals surface area contributed by atoms with Crippen LogP contribution in [0.25, 0.3) is 33.9 Å². The molecular weight excluding hydrogens is 849 g/mol. The standard InChI is InChI=1S/C22H24N4O4S.C17H13N3O5S.C5H13N/c1-22(2,3)25(4)21(28)18-15-10-30-17-9-16(29-5)14(20(23)27)8-13(17)19(15)26(24-18)12-6-7-31-11-12;1-24-12-5-13-9(4-10(12)16(18)21)15-11(6-25-13)14(17(22)23)19-20(15)8-2-3-26-7-8;1-5(2,3)6-4/h6-9,11H,10H2,1-5H3,(H2,23,27);2-5,7H,6H2,1H3,(H2,18,21)(H,22,23);6H,1-4H3. The number of nitrogens with zero attached hydrogens (tertiary/aromatic N) is 5. The summed E-state index contributed by atoms with van der Waals surface area (Å²) < 4.78 is 25.5. The SMILES string of the molecule is CNC(C)(C)C.COc1cc2c(cc1C(N)=O)-c1c(c(C(=O)N(C)C(C)(C)C)nn1-c1ccsc1)CO2.COc1cc2c(cc1C(N)=O)-c1c(c(C(=O)O)nn1-c1ccsc1)CO2. The Morgan fingerprint density at radius 1 is 0.762 bits per heavy atom. The fourth-order valence-corrected chi connectivity index (χ4v) is 7.65. The number of benzene rings is 2. The van der Waals surface area contributed by atoms with E-state index in [-0.39, 0.29) is 41.5 Å². The van der Waals surface area contributed by atoms with Crippen LogP contribution in [-0.4, -0.2) is 92.7 Å². The van der Waals surface area contributed by atoms with Gasteiger partial charge in [-0.15, -0.1) is 0 Å². The number of nitrogens with one attached hydrogen (secondary N) is 1. The van der Waals surface area contributed by atoms with Gasteiger partial charge in [0.15, 0.2) is 11.4 Å². The van der Waals surface area contributed by atoms with E-state index in [0.717, 1.165) is 11.4 Å². The summed E-state index contributed by atoms with van der Waals surface area (Å²) in [6, 6.07) is 10.2. The number of nitrogens with two attached hydrogens (primary N) is 2. The van der Waals surface area contributed by atoms with Crippen molar-refractivity contribution in [1.82, 2.24) is 29.8 Å². The van der Waals surface area contributed by atoms with Gasteiger partial charge in [0.25, 0.3) is 17.7 Å². The number of amides is 3. The molecule has 0 radical (unpaired) electrons. The molecule has 0 saturated carbocycles. The summed E-state index contributed by atoms with van der Waals surface area (Å²) >= 11 is 2.99. The average Bonchev–Trinajstić information content (AvgIpc) is 4.08. The molecule has 0 spiro atoms. The zero-order valence-corrected chi connectivity index (χ0v) is 38.2. The summed E-state index contributed by atoms with van der Waals surface area (Å²) in [6.07, 6.45) is 0. The van der Waals surface area contributed by atoms with Crippen molar-refractivity contribution in [2.75, 3.05) is 28.3 Å². The molecule has 0 atom stereocenters. The van der Waals surface area contributed by atoms with E-state index in [1.165, 1.54) is 36.9 Å². The number of thiophene rings is 2. The molecule has 0 aliphatic carbocycles. The maximum absolute atomic E-state index is 13.3. The quantitative estimate of drug-likeness (QED) is 0.124. The first-order chi connectivity index (χ1) is 29.7. The number of methoxy groups -OCH3 is 2. The van der Waals surface area contributed by atoms with Crippen LogP contribution < -0.4 is 35.7 Å². The lowest BCUT2D eigenvalue weighted by Crippen LogP contribution is -2.43. The van der Waals surface area contributed by atoms with E-state index >= 15 is 0 Å². The Hall–Kier alpha value is -6.70. The topological polar surface area (TPSA) is 228 Å². The van der Waals surface area contributed by atoms with Crippen molar-refractivity contribution in [1.29, 1.82) is 0 Å². The number of aromatic nitrogens is 4. The van der Waals surface area contributed by atoms with Crippen molar-refractivity contribution in [2.24, 2.45) is 11.5 Å². The molecule has 6 heterocycles. The van der Waals surface area contributed by atoms with Crippen molar-refractivity contribution in [2.45, 2.75) is 65.8 Å². The number of hydrogen-bond acceptors (Lipinski definition) is 13. The minimum atomic E-state index is -1.15. The summed E-state index contributed by atoms with van der Waals surface area (Å²) in [7, 11) is 6.61. The molecule has 19 heteroatoms. The zero-order chi connectivity index (χ0) is 46.1. The van der Waals surface area contributed by atoms with Crippen LogP contribution >= 0.6 is 22.7 Å². The fraction of sp³-hybridized carbons (Fsp3) is 0.318. The van der Waals surface area contributed by atoms with Crippen molar-refractivity contribution < 1.29 is 43.2 Å². The number of hydrogen-bond donors (Lipinski definition) is 4. The molecule has 2 aromatic carbocycles. The molecule has 17 nitrogen and oxygen atoms in total. The van der Waals surface area contributed by atoms with Gasteiger partial charge in [0.1, 0.15) is 36.2 Å². The molecule has 2 aliphatic rings. The highest BCUT2D eigenvalue weighted by molar-refractivity contribution is 7.08. The predicted octanol–water partition coefficient (Wildman–Crippen LogP) is 6.77. The van der Waals surface area contributed by atoms with Crippen LogP contribution in [-0.2, 0) is 13.2 Å². The van der Waals surface area contributed by atoms with Gasteiger partial charge in [0.05, 0.1) is 53.7 Å². The first-order valence-corrected chi connectivity index (χ1v) is 21.4. The van der Waals surface area contributed by atoms with E-state index in [0.29, 0.717) is 67.9 Å². The highest BCUT2D eigenvalue weighted by atomic mass is 32.1. The molecule has 0 bridgehead atoms. The number of carbonyl (C=O) groups excluding carboxylic acids is 3. The van der Waals surface area contributed by atoms with Crippen molar-refractivity contribution in [3.8, 4) is 56.9 Å². The Morgan fingerprint density at radius 3 is 1.51 bits per heavy atom. The van der Waals surface area contributed by atoms with Gasteiger partial charge in [-0.25, -0.2) is 14.2 Å². The molecule has 6 aromatic rings. The second-order valence-electron chi connectivity index (χ2n) is 16.4. The minimum Gasteiger partial charge on any atom is -0.496 e. The van der Waals surface area contributed by atoms with Crippen LogP contribution in [0.15, 0.2) is 57.9 Å². The lowest BCUT2D eigenvalue weighted by atomic mass is 9.98. The molecule has 0 fully saturated rings.